The summed E-state index contributed by atoms with van der Waals surface area (Å²) < 4.78 is 52.2. The smallest absolute Gasteiger partial charge is 0.181 e. The molecule has 0 aliphatic heterocycles. The molecular weight excluding hydrogens is 250 g/mol. The molecular formula is C9H6ClF4NO. The molecule has 0 fully saturated rings. The van der Waals surface area contributed by atoms with Gasteiger partial charge < -0.3 is 5.73 Å². The summed E-state index contributed by atoms with van der Waals surface area (Å²) in [6.45, 7) is -0.191. The van der Waals surface area contributed by atoms with Crippen LogP contribution >= 0.6 is 11.6 Å². The van der Waals surface area contributed by atoms with Gasteiger partial charge in [0.05, 0.1) is 5.56 Å². The van der Waals surface area contributed by atoms with Crippen LogP contribution in [-0.2, 0) is 0 Å². The maximum Gasteiger partial charge on any atom is 0.181 e. The van der Waals surface area contributed by atoms with Gasteiger partial charge in [-0.25, -0.2) is 17.6 Å². The van der Waals surface area contributed by atoms with Crippen molar-refractivity contribution in [3.05, 3.63) is 33.9 Å². The molecule has 0 heterocycles. The van der Waals surface area contributed by atoms with Gasteiger partial charge in [-0.1, -0.05) is 11.6 Å². The molecule has 0 amide bonds. The Morgan fingerprint density at radius 2 is 1.50 bits per heavy atom. The van der Waals surface area contributed by atoms with Crippen LogP contribution in [0.5, 0.6) is 0 Å². The van der Waals surface area contributed by atoms with E-state index in [-0.39, 0.29) is 6.54 Å². The van der Waals surface area contributed by atoms with Crippen LogP contribution in [0.2, 0.25) is 5.02 Å². The highest BCUT2D eigenvalue weighted by Gasteiger charge is 2.27. The number of Topliss-reactive ketones (excluding diaryl/α,β-unsaturated/α-hetero) is 1. The third-order valence-electron chi connectivity index (χ3n) is 1.86. The van der Waals surface area contributed by atoms with Crippen LogP contribution in [0.4, 0.5) is 17.6 Å². The molecule has 1 rings (SSSR count). The second-order valence-corrected chi connectivity index (χ2v) is 3.28. The van der Waals surface area contributed by atoms with Crippen LogP contribution in [0.25, 0.3) is 0 Å². The van der Waals surface area contributed by atoms with Crippen LogP contribution in [0.15, 0.2) is 0 Å². The van der Waals surface area contributed by atoms with Crippen molar-refractivity contribution in [2.75, 3.05) is 6.54 Å². The van der Waals surface area contributed by atoms with E-state index in [1.165, 1.54) is 0 Å². The minimum atomic E-state index is -1.80. The van der Waals surface area contributed by atoms with E-state index in [4.69, 9.17) is 17.3 Å². The van der Waals surface area contributed by atoms with Crippen molar-refractivity contribution in [3.63, 3.8) is 0 Å². The maximum atomic E-state index is 13.1. The van der Waals surface area contributed by atoms with Gasteiger partial charge in [0.25, 0.3) is 0 Å². The number of nitrogens with two attached hydrogens (primary N) is 1. The highest BCUT2D eigenvalue weighted by molar-refractivity contribution is 6.31. The molecule has 0 saturated heterocycles. The van der Waals surface area contributed by atoms with Crippen LogP contribution in [-0.4, -0.2) is 12.3 Å². The molecule has 2 nitrogen and oxygen atoms in total. The van der Waals surface area contributed by atoms with E-state index >= 15 is 0 Å². The van der Waals surface area contributed by atoms with Crippen molar-refractivity contribution in [1.82, 2.24) is 0 Å². The summed E-state index contributed by atoms with van der Waals surface area (Å²) in [5, 5.41) is -1.32. The molecule has 0 radical (unpaired) electrons. The van der Waals surface area contributed by atoms with Crippen molar-refractivity contribution >= 4 is 17.4 Å². The van der Waals surface area contributed by atoms with Crippen molar-refractivity contribution in [2.45, 2.75) is 6.42 Å². The molecule has 0 unspecified atom stereocenters. The van der Waals surface area contributed by atoms with Gasteiger partial charge in [0.2, 0.25) is 0 Å². The lowest BCUT2D eigenvalue weighted by atomic mass is 10.1. The predicted molar refractivity (Wildman–Crippen MR) is 49.3 cm³/mol. The third kappa shape index (κ3) is 2.03. The van der Waals surface area contributed by atoms with Crippen LogP contribution < -0.4 is 5.73 Å². The molecule has 0 atom stereocenters. The summed E-state index contributed by atoms with van der Waals surface area (Å²) in [6.07, 6.45) is -0.422. The number of rotatable bonds is 3. The maximum absolute atomic E-state index is 13.1. The fourth-order valence-electron chi connectivity index (χ4n) is 1.11. The molecule has 0 aliphatic rings. The molecule has 0 aromatic heterocycles. The first-order chi connectivity index (χ1) is 7.41. The Balaban J connectivity index is 3.45. The van der Waals surface area contributed by atoms with E-state index in [1.54, 1.807) is 0 Å². The van der Waals surface area contributed by atoms with Crippen molar-refractivity contribution in [3.8, 4) is 0 Å². The number of benzene rings is 1. The summed E-state index contributed by atoms with van der Waals surface area (Å²) >= 11 is 4.98. The number of carbonyl (C=O) groups is 1. The molecule has 0 bridgehead atoms. The normalized spacial score (nSPS) is 10.6. The zero-order chi connectivity index (χ0) is 12.5. The minimum Gasteiger partial charge on any atom is -0.330 e. The SMILES string of the molecule is NCCC(=O)c1c(F)c(F)c(Cl)c(F)c1F. The van der Waals surface area contributed by atoms with Crippen molar-refractivity contribution in [2.24, 2.45) is 5.73 Å². The zero-order valence-corrected chi connectivity index (χ0v) is 8.55. The lowest BCUT2D eigenvalue weighted by Gasteiger charge is -2.07. The van der Waals surface area contributed by atoms with E-state index in [0.29, 0.717) is 0 Å². The number of hydrogen-bond donors (Lipinski definition) is 1. The summed E-state index contributed by atoms with van der Waals surface area (Å²) in [5.74, 6) is -8.31. The van der Waals surface area contributed by atoms with Gasteiger partial charge in [-0.3, -0.25) is 4.79 Å². The molecule has 2 N–H and O–H groups in total. The highest BCUT2D eigenvalue weighted by Crippen LogP contribution is 2.28. The van der Waals surface area contributed by atoms with Gasteiger partial charge in [0, 0.05) is 6.42 Å². The Bertz CT molecular complexity index is 421. The summed E-state index contributed by atoms with van der Waals surface area (Å²) in [7, 11) is 0. The Labute approximate surface area is 93.0 Å². The summed E-state index contributed by atoms with van der Waals surface area (Å²) in [4.78, 5) is 11.2. The number of carbonyl (C=O) groups excluding carboxylic acids is 1. The lowest BCUT2D eigenvalue weighted by Crippen LogP contribution is -2.14. The van der Waals surface area contributed by atoms with Gasteiger partial charge >= 0.3 is 0 Å². The van der Waals surface area contributed by atoms with E-state index in [1.807, 2.05) is 0 Å². The molecule has 1 aromatic carbocycles. The van der Waals surface area contributed by atoms with Gasteiger partial charge in [-0.2, -0.15) is 0 Å². The third-order valence-corrected chi connectivity index (χ3v) is 2.19. The Hall–Kier alpha value is -1.14. The average molecular weight is 256 g/mol. The number of hydrogen-bond acceptors (Lipinski definition) is 2. The van der Waals surface area contributed by atoms with Crippen molar-refractivity contribution < 1.29 is 22.4 Å². The monoisotopic (exact) mass is 255 g/mol. The molecule has 1 aromatic rings. The molecule has 0 spiro atoms. The fraction of sp³-hybridized carbons (Fsp3) is 0.222. The fourth-order valence-corrected chi connectivity index (χ4v) is 1.27. The van der Waals surface area contributed by atoms with Crippen LogP contribution in [0.3, 0.4) is 0 Å². The van der Waals surface area contributed by atoms with Gasteiger partial charge in [0.15, 0.2) is 29.1 Å². The van der Waals surface area contributed by atoms with Gasteiger partial charge in [-0.15, -0.1) is 0 Å². The topological polar surface area (TPSA) is 43.1 Å². The Morgan fingerprint density at radius 3 is 1.88 bits per heavy atom. The minimum absolute atomic E-state index is 0.191. The van der Waals surface area contributed by atoms with E-state index in [0.717, 1.165) is 0 Å². The number of ketones is 1. The molecule has 0 saturated carbocycles. The van der Waals surface area contributed by atoms with Crippen molar-refractivity contribution in [1.29, 1.82) is 0 Å². The molecule has 88 valence electrons. The first kappa shape index (κ1) is 12.9. The largest absolute Gasteiger partial charge is 0.330 e. The number of halogens is 5. The van der Waals surface area contributed by atoms with Gasteiger partial charge in [0.1, 0.15) is 5.02 Å². The second kappa shape index (κ2) is 4.80. The van der Waals surface area contributed by atoms with Crippen LogP contribution in [0.1, 0.15) is 16.8 Å². The molecule has 0 aliphatic carbocycles. The van der Waals surface area contributed by atoms with Gasteiger partial charge in [-0.05, 0) is 6.54 Å². The first-order valence-corrected chi connectivity index (χ1v) is 4.54. The average Bonchev–Trinajstić information content (AvgIpc) is 2.24. The zero-order valence-electron chi connectivity index (χ0n) is 7.79. The first-order valence-electron chi connectivity index (χ1n) is 4.16. The standard InChI is InChI=1S/C9H6ClF4NO/c10-5-8(13)6(11)4(3(16)1-2-15)7(12)9(5)14/h1-2,15H2. The Kier molecular flexibility index (Phi) is 3.88. The highest BCUT2D eigenvalue weighted by atomic mass is 35.5. The van der Waals surface area contributed by atoms with E-state index in [9.17, 15) is 22.4 Å². The summed E-state index contributed by atoms with van der Waals surface area (Å²) in [5.41, 5.74) is 3.71. The second-order valence-electron chi connectivity index (χ2n) is 2.91. The summed E-state index contributed by atoms with van der Waals surface area (Å²) in [6, 6.07) is 0. The molecule has 7 heteroatoms. The predicted octanol–water partition coefficient (Wildman–Crippen LogP) is 2.43. The van der Waals surface area contributed by atoms with E-state index in [2.05, 4.69) is 0 Å². The Morgan fingerprint density at radius 1 is 1.06 bits per heavy atom. The van der Waals surface area contributed by atoms with Crippen LogP contribution in [0, 0.1) is 23.3 Å². The van der Waals surface area contributed by atoms with E-state index < -0.39 is 46.1 Å². The lowest BCUT2D eigenvalue weighted by molar-refractivity contribution is 0.0975. The quantitative estimate of drug-likeness (QED) is 0.390. The molecule has 16 heavy (non-hydrogen) atoms.